The Labute approximate surface area is 138 Å². The van der Waals surface area contributed by atoms with Crippen molar-refractivity contribution in [3.63, 3.8) is 0 Å². The second-order valence-corrected chi connectivity index (χ2v) is 5.26. The van der Waals surface area contributed by atoms with E-state index in [9.17, 15) is 0 Å². The lowest BCUT2D eigenvalue weighted by Crippen LogP contribution is -1.80. The van der Waals surface area contributed by atoms with Crippen molar-refractivity contribution in [1.29, 1.82) is 0 Å². The van der Waals surface area contributed by atoms with Crippen LogP contribution in [-0.4, -0.2) is 21.8 Å². The van der Waals surface area contributed by atoms with Gasteiger partial charge in [0.15, 0.2) is 0 Å². The van der Waals surface area contributed by atoms with Crippen LogP contribution in [0.25, 0.3) is 22.9 Å². The van der Waals surface area contributed by atoms with Crippen molar-refractivity contribution in [2.24, 2.45) is 0 Å². The van der Waals surface area contributed by atoms with Crippen LogP contribution in [0.1, 0.15) is 11.1 Å². The molecule has 0 aliphatic carbocycles. The molecular formula is C17H15ClN2O3. The van der Waals surface area contributed by atoms with Gasteiger partial charge in [-0.2, -0.15) is 0 Å². The second kappa shape index (κ2) is 7.56. The van der Waals surface area contributed by atoms with Crippen molar-refractivity contribution in [3.8, 4) is 22.9 Å². The molecular weight excluding hydrogens is 316 g/mol. The van der Waals surface area contributed by atoms with E-state index in [1.54, 1.807) is 0 Å². The highest BCUT2D eigenvalue weighted by Crippen LogP contribution is 2.27. The van der Waals surface area contributed by atoms with Gasteiger partial charge in [0.05, 0.1) is 0 Å². The standard InChI is InChI=1S/C16H13ClN2O.CH2O2/c1-10-4-3-5-12(8-10)15-18-19-16(20-15)13-6-7-14(17)11(2)9-13;2-1-3/h3-9H,1-2H3;1H,(H,2,3). The lowest BCUT2D eigenvalue weighted by atomic mass is 10.1. The van der Waals surface area contributed by atoms with Crippen LogP contribution in [0, 0.1) is 13.8 Å². The molecule has 23 heavy (non-hydrogen) atoms. The molecule has 0 saturated carbocycles. The third-order valence-electron chi connectivity index (χ3n) is 3.09. The third kappa shape index (κ3) is 4.17. The molecule has 0 fully saturated rings. The maximum atomic E-state index is 8.36. The molecule has 118 valence electrons. The van der Waals surface area contributed by atoms with E-state index >= 15 is 0 Å². The fraction of sp³-hybridized carbons (Fsp3) is 0.118. The second-order valence-electron chi connectivity index (χ2n) is 4.85. The zero-order valence-corrected chi connectivity index (χ0v) is 13.4. The van der Waals surface area contributed by atoms with Gasteiger partial charge in [0.2, 0.25) is 11.8 Å². The number of nitrogens with zero attached hydrogens (tertiary/aromatic N) is 2. The van der Waals surface area contributed by atoms with Gasteiger partial charge in [0.25, 0.3) is 6.47 Å². The Morgan fingerprint density at radius 2 is 1.65 bits per heavy atom. The first kappa shape index (κ1) is 16.7. The van der Waals surface area contributed by atoms with E-state index in [0.29, 0.717) is 11.8 Å². The summed E-state index contributed by atoms with van der Waals surface area (Å²) in [7, 11) is 0. The van der Waals surface area contributed by atoms with Crippen LogP contribution in [0.3, 0.4) is 0 Å². The number of aromatic nitrogens is 2. The summed E-state index contributed by atoms with van der Waals surface area (Å²) in [5, 5.41) is 15.8. The largest absolute Gasteiger partial charge is 0.483 e. The minimum atomic E-state index is -0.250. The van der Waals surface area contributed by atoms with Crippen molar-refractivity contribution in [2.45, 2.75) is 13.8 Å². The summed E-state index contributed by atoms with van der Waals surface area (Å²) in [4.78, 5) is 8.36. The van der Waals surface area contributed by atoms with Gasteiger partial charge in [-0.05, 0) is 49.7 Å². The fourth-order valence-corrected chi connectivity index (χ4v) is 2.13. The van der Waals surface area contributed by atoms with Crippen LogP contribution < -0.4 is 0 Å². The molecule has 6 heteroatoms. The average Bonchev–Trinajstić information content (AvgIpc) is 3.01. The molecule has 0 amide bonds. The number of hydrogen-bond acceptors (Lipinski definition) is 4. The van der Waals surface area contributed by atoms with Crippen molar-refractivity contribution >= 4 is 18.1 Å². The molecule has 1 heterocycles. The highest BCUT2D eigenvalue weighted by Gasteiger charge is 2.11. The van der Waals surface area contributed by atoms with Crippen LogP contribution in [0.15, 0.2) is 46.9 Å². The Kier molecular flexibility index (Phi) is 5.49. The van der Waals surface area contributed by atoms with Gasteiger partial charge < -0.3 is 9.52 Å². The first-order valence-electron chi connectivity index (χ1n) is 6.80. The first-order chi connectivity index (χ1) is 11.0. The van der Waals surface area contributed by atoms with E-state index in [1.165, 1.54) is 0 Å². The summed E-state index contributed by atoms with van der Waals surface area (Å²) < 4.78 is 5.74. The topological polar surface area (TPSA) is 76.2 Å². The van der Waals surface area contributed by atoms with Crippen LogP contribution >= 0.6 is 11.6 Å². The van der Waals surface area contributed by atoms with E-state index in [2.05, 4.69) is 10.2 Å². The van der Waals surface area contributed by atoms with Crippen molar-refractivity contribution in [3.05, 3.63) is 58.6 Å². The first-order valence-corrected chi connectivity index (χ1v) is 7.18. The maximum absolute atomic E-state index is 8.36. The predicted octanol–water partition coefficient (Wildman–Crippen LogP) is 4.37. The number of halogens is 1. The van der Waals surface area contributed by atoms with Gasteiger partial charge in [-0.25, -0.2) is 0 Å². The normalized spacial score (nSPS) is 9.87. The molecule has 0 aliphatic heterocycles. The highest BCUT2D eigenvalue weighted by molar-refractivity contribution is 6.31. The van der Waals surface area contributed by atoms with E-state index < -0.39 is 0 Å². The number of aryl methyl sites for hydroxylation is 2. The summed E-state index contributed by atoms with van der Waals surface area (Å²) in [6.07, 6.45) is 0. The van der Waals surface area contributed by atoms with E-state index in [1.807, 2.05) is 56.3 Å². The smallest absolute Gasteiger partial charge is 0.290 e. The lowest BCUT2D eigenvalue weighted by Gasteiger charge is -1.99. The summed E-state index contributed by atoms with van der Waals surface area (Å²) in [6.45, 7) is 3.73. The van der Waals surface area contributed by atoms with Crippen molar-refractivity contribution < 1.29 is 14.3 Å². The molecule has 0 saturated heterocycles. The molecule has 0 radical (unpaired) electrons. The molecule has 3 aromatic rings. The SMILES string of the molecule is Cc1cccc(-c2nnc(-c3ccc(Cl)c(C)c3)o2)c1.O=CO. The Bertz CT molecular complexity index is 815. The number of rotatable bonds is 2. The minimum absolute atomic E-state index is 0.250. The Morgan fingerprint density at radius 3 is 2.22 bits per heavy atom. The van der Waals surface area contributed by atoms with Crippen molar-refractivity contribution in [2.75, 3.05) is 0 Å². The van der Waals surface area contributed by atoms with Gasteiger partial charge in [0, 0.05) is 16.1 Å². The fourth-order valence-electron chi connectivity index (χ4n) is 2.01. The molecule has 2 aromatic carbocycles. The van der Waals surface area contributed by atoms with Crippen LogP contribution in [0.4, 0.5) is 0 Å². The Balaban J connectivity index is 0.000000595. The lowest BCUT2D eigenvalue weighted by molar-refractivity contribution is -0.122. The summed E-state index contributed by atoms with van der Waals surface area (Å²) >= 11 is 6.02. The van der Waals surface area contributed by atoms with E-state index in [0.717, 1.165) is 27.3 Å². The molecule has 0 bridgehead atoms. The number of carbonyl (C=O) groups is 1. The maximum Gasteiger partial charge on any atom is 0.290 e. The van der Waals surface area contributed by atoms with E-state index in [-0.39, 0.29) is 6.47 Å². The Hall–Kier alpha value is -2.66. The molecule has 0 spiro atoms. The van der Waals surface area contributed by atoms with Gasteiger partial charge in [-0.1, -0.05) is 29.3 Å². The molecule has 0 aliphatic rings. The Morgan fingerprint density at radius 1 is 1.04 bits per heavy atom. The average molecular weight is 331 g/mol. The van der Waals surface area contributed by atoms with Gasteiger partial charge >= 0.3 is 0 Å². The van der Waals surface area contributed by atoms with E-state index in [4.69, 9.17) is 25.9 Å². The van der Waals surface area contributed by atoms with Gasteiger partial charge in [-0.15, -0.1) is 10.2 Å². The predicted molar refractivity (Wildman–Crippen MR) is 88.3 cm³/mol. The van der Waals surface area contributed by atoms with Gasteiger partial charge in [0.1, 0.15) is 0 Å². The molecule has 1 N–H and O–H groups in total. The summed E-state index contributed by atoms with van der Waals surface area (Å²) in [5.74, 6) is 1.03. The summed E-state index contributed by atoms with van der Waals surface area (Å²) in [5.41, 5.74) is 3.94. The van der Waals surface area contributed by atoms with Crippen LogP contribution in [0.2, 0.25) is 5.02 Å². The molecule has 1 aromatic heterocycles. The molecule has 0 unspecified atom stereocenters. The molecule has 5 nitrogen and oxygen atoms in total. The monoisotopic (exact) mass is 330 g/mol. The number of carboxylic acid groups (broad SMARTS) is 1. The number of hydrogen-bond donors (Lipinski definition) is 1. The van der Waals surface area contributed by atoms with Crippen LogP contribution in [0.5, 0.6) is 0 Å². The zero-order chi connectivity index (χ0) is 16.8. The molecule has 3 rings (SSSR count). The summed E-state index contributed by atoms with van der Waals surface area (Å²) in [6, 6.07) is 13.6. The van der Waals surface area contributed by atoms with Crippen molar-refractivity contribution in [1.82, 2.24) is 10.2 Å². The number of benzene rings is 2. The van der Waals surface area contributed by atoms with Gasteiger partial charge in [-0.3, -0.25) is 4.79 Å². The minimum Gasteiger partial charge on any atom is -0.483 e. The highest BCUT2D eigenvalue weighted by atomic mass is 35.5. The van der Waals surface area contributed by atoms with Crippen LogP contribution in [-0.2, 0) is 4.79 Å². The molecule has 0 atom stereocenters. The third-order valence-corrected chi connectivity index (χ3v) is 3.52. The zero-order valence-electron chi connectivity index (χ0n) is 12.7. The quantitative estimate of drug-likeness (QED) is 0.706.